The van der Waals surface area contributed by atoms with Gasteiger partial charge in [-0.25, -0.2) is 4.98 Å². The van der Waals surface area contributed by atoms with Gasteiger partial charge in [0.05, 0.1) is 16.0 Å². The highest BCUT2D eigenvalue weighted by molar-refractivity contribution is 7.99. The first-order valence-corrected chi connectivity index (χ1v) is 9.00. The lowest BCUT2D eigenvalue weighted by molar-refractivity contribution is -0.119. The molecule has 3 rings (SSSR count). The van der Waals surface area contributed by atoms with Crippen molar-refractivity contribution >= 4 is 39.2 Å². The number of rotatable bonds is 5. The molecule has 0 unspecified atom stereocenters. The van der Waals surface area contributed by atoms with Crippen molar-refractivity contribution < 1.29 is 4.79 Å². The summed E-state index contributed by atoms with van der Waals surface area (Å²) in [6.07, 6.45) is 4.80. The molecular weight excluding hydrogens is 288 g/mol. The molecule has 20 heavy (non-hydrogen) atoms. The summed E-state index contributed by atoms with van der Waals surface area (Å²) in [7, 11) is 0. The van der Waals surface area contributed by atoms with Gasteiger partial charge in [0, 0.05) is 11.8 Å². The van der Waals surface area contributed by atoms with Gasteiger partial charge in [0.1, 0.15) is 5.01 Å². The number of para-hydroxylation sites is 1. The van der Waals surface area contributed by atoms with Crippen molar-refractivity contribution in [2.75, 3.05) is 5.75 Å². The summed E-state index contributed by atoms with van der Waals surface area (Å²) in [6.45, 7) is 0. The summed E-state index contributed by atoms with van der Waals surface area (Å²) < 4.78 is 1.22. The van der Waals surface area contributed by atoms with E-state index in [2.05, 4.69) is 16.4 Å². The van der Waals surface area contributed by atoms with Crippen LogP contribution in [0.15, 0.2) is 24.3 Å². The Labute approximate surface area is 127 Å². The van der Waals surface area contributed by atoms with Gasteiger partial charge in [-0.05, 0) is 25.0 Å². The van der Waals surface area contributed by atoms with Gasteiger partial charge in [-0.3, -0.25) is 4.79 Å². The van der Waals surface area contributed by atoms with Gasteiger partial charge in [0.2, 0.25) is 5.91 Å². The Morgan fingerprint density at radius 3 is 2.95 bits per heavy atom. The first-order chi connectivity index (χ1) is 9.81. The van der Waals surface area contributed by atoms with Crippen LogP contribution in [0.1, 0.15) is 30.7 Å². The molecule has 1 aliphatic rings. The van der Waals surface area contributed by atoms with Crippen LogP contribution in [0.3, 0.4) is 0 Å². The Kier molecular flexibility index (Phi) is 4.58. The van der Waals surface area contributed by atoms with E-state index in [0.717, 1.165) is 29.1 Å². The molecule has 5 heteroatoms. The van der Waals surface area contributed by atoms with E-state index < -0.39 is 0 Å². The summed E-state index contributed by atoms with van der Waals surface area (Å²) >= 11 is 3.37. The molecule has 0 atom stereocenters. The molecule has 2 aromatic rings. The maximum Gasteiger partial charge on any atom is 0.230 e. The Morgan fingerprint density at radius 1 is 1.35 bits per heavy atom. The van der Waals surface area contributed by atoms with E-state index >= 15 is 0 Å². The minimum Gasteiger partial charge on any atom is -0.353 e. The average molecular weight is 306 g/mol. The number of hydrogen-bond donors (Lipinski definition) is 1. The van der Waals surface area contributed by atoms with Gasteiger partial charge in [0.15, 0.2) is 0 Å². The fourth-order valence-electron chi connectivity index (χ4n) is 2.55. The third kappa shape index (κ3) is 3.52. The third-order valence-corrected chi connectivity index (χ3v) is 5.68. The zero-order valence-electron chi connectivity index (χ0n) is 11.3. The lowest BCUT2D eigenvalue weighted by Gasteiger charge is -2.11. The van der Waals surface area contributed by atoms with E-state index in [1.54, 1.807) is 23.1 Å². The third-order valence-electron chi connectivity index (χ3n) is 3.52. The highest BCUT2D eigenvalue weighted by atomic mass is 32.2. The Bertz CT molecular complexity index is 557. The number of thioether (sulfide) groups is 1. The van der Waals surface area contributed by atoms with Crippen molar-refractivity contribution in [2.45, 2.75) is 37.5 Å². The molecule has 0 saturated heterocycles. The number of nitrogens with one attached hydrogen (secondary N) is 1. The summed E-state index contributed by atoms with van der Waals surface area (Å²) in [6, 6.07) is 8.59. The molecule has 1 heterocycles. The zero-order valence-corrected chi connectivity index (χ0v) is 12.9. The van der Waals surface area contributed by atoms with Crippen LogP contribution in [-0.2, 0) is 10.5 Å². The van der Waals surface area contributed by atoms with Crippen LogP contribution in [0, 0.1) is 0 Å². The molecule has 0 spiro atoms. The first-order valence-electron chi connectivity index (χ1n) is 7.03. The monoisotopic (exact) mass is 306 g/mol. The second-order valence-electron chi connectivity index (χ2n) is 5.12. The Morgan fingerprint density at radius 2 is 2.15 bits per heavy atom. The highest BCUT2D eigenvalue weighted by Gasteiger charge is 2.16. The topological polar surface area (TPSA) is 42.0 Å². The summed E-state index contributed by atoms with van der Waals surface area (Å²) in [5.74, 6) is 1.52. The van der Waals surface area contributed by atoms with Gasteiger partial charge in [-0.15, -0.1) is 23.1 Å². The number of hydrogen-bond acceptors (Lipinski definition) is 4. The van der Waals surface area contributed by atoms with Crippen LogP contribution in [0.4, 0.5) is 0 Å². The minimum absolute atomic E-state index is 0.169. The Balaban J connectivity index is 1.45. The smallest absolute Gasteiger partial charge is 0.230 e. The van der Waals surface area contributed by atoms with Crippen LogP contribution < -0.4 is 5.32 Å². The maximum absolute atomic E-state index is 11.8. The predicted molar refractivity (Wildman–Crippen MR) is 86.2 cm³/mol. The fraction of sp³-hybridized carbons (Fsp3) is 0.467. The second-order valence-corrected chi connectivity index (χ2v) is 7.22. The van der Waals surface area contributed by atoms with E-state index in [9.17, 15) is 4.79 Å². The molecule has 3 nitrogen and oxygen atoms in total. The molecular formula is C15H18N2OS2. The van der Waals surface area contributed by atoms with Crippen LogP contribution in [0.25, 0.3) is 10.2 Å². The van der Waals surface area contributed by atoms with Crippen LogP contribution in [-0.4, -0.2) is 22.7 Å². The summed E-state index contributed by atoms with van der Waals surface area (Å²) in [4.78, 5) is 16.4. The number of benzene rings is 1. The summed E-state index contributed by atoms with van der Waals surface area (Å²) in [5, 5.41) is 4.22. The SMILES string of the molecule is O=C(CSCc1nc2ccccc2s1)NC1CCCC1. The number of carbonyl (C=O) groups excluding carboxylic acids is 1. The van der Waals surface area contributed by atoms with Gasteiger partial charge >= 0.3 is 0 Å². The molecule has 1 saturated carbocycles. The number of fused-ring (bicyclic) bond motifs is 1. The van der Waals surface area contributed by atoms with E-state index in [-0.39, 0.29) is 5.91 Å². The maximum atomic E-state index is 11.8. The van der Waals surface area contributed by atoms with Gasteiger partial charge < -0.3 is 5.32 Å². The number of carbonyl (C=O) groups is 1. The lowest BCUT2D eigenvalue weighted by Crippen LogP contribution is -2.33. The first kappa shape index (κ1) is 13.9. The molecule has 0 bridgehead atoms. The number of nitrogens with zero attached hydrogens (tertiary/aromatic N) is 1. The van der Waals surface area contributed by atoms with Crippen molar-refractivity contribution in [1.29, 1.82) is 0 Å². The van der Waals surface area contributed by atoms with Crippen molar-refractivity contribution in [2.24, 2.45) is 0 Å². The van der Waals surface area contributed by atoms with Gasteiger partial charge in [0.25, 0.3) is 0 Å². The quantitative estimate of drug-likeness (QED) is 0.918. The molecule has 1 fully saturated rings. The Hall–Kier alpha value is -1.07. The minimum atomic E-state index is 0.169. The van der Waals surface area contributed by atoms with E-state index in [0.29, 0.717) is 11.8 Å². The molecule has 1 aliphatic carbocycles. The standard InChI is InChI=1S/C15H18N2OS2/c18-14(16-11-5-1-2-6-11)9-19-10-15-17-12-7-3-4-8-13(12)20-15/h3-4,7-8,11H,1-2,5-6,9-10H2,(H,16,18). The van der Waals surface area contributed by atoms with Gasteiger partial charge in [-0.1, -0.05) is 25.0 Å². The van der Waals surface area contributed by atoms with Gasteiger partial charge in [-0.2, -0.15) is 0 Å². The average Bonchev–Trinajstić information content (AvgIpc) is 3.07. The normalized spacial score (nSPS) is 15.8. The molecule has 0 aliphatic heterocycles. The molecule has 1 aromatic heterocycles. The number of aromatic nitrogens is 1. The van der Waals surface area contributed by atoms with Crippen LogP contribution in [0.5, 0.6) is 0 Å². The second kappa shape index (κ2) is 6.59. The highest BCUT2D eigenvalue weighted by Crippen LogP contribution is 2.24. The lowest BCUT2D eigenvalue weighted by atomic mass is 10.2. The van der Waals surface area contributed by atoms with Crippen molar-refractivity contribution in [3.8, 4) is 0 Å². The fourth-order valence-corrected chi connectivity index (χ4v) is 4.41. The molecule has 1 N–H and O–H groups in total. The van der Waals surface area contributed by atoms with Crippen LogP contribution >= 0.6 is 23.1 Å². The number of amides is 1. The largest absolute Gasteiger partial charge is 0.353 e. The molecule has 0 radical (unpaired) electrons. The summed E-state index contributed by atoms with van der Waals surface area (Å²) in [5.41, 5.74) is 1.06. The molecule has 1 aromatic carbocycles. The molecule has 106 valence electrons. The zero-order chi connectivity index (χ0) is 13.8. The van der Waals surface area contributed by atoms with Crippen molar-refractivity contribution in [1.82, 2.24) is 10.3 Å². The predicted octanol–water partition coefficient (Wildman–Crippen LogP) is 3.59. The van der Waals surface area contributed by atoms with Crippen LogP contribution in [0.2, 0.25) is 0 Å². The van der Waals surface area contributed by atoms with E-state index in [1.165, 1.54) is 17.5 Å². The van der Waals surface area contributed by atoms with Crippen molar-refractivity contribution in [3.63, 3.8) is 0 Å². The van der Waals surface area contributed by atoms with E-state index in [1.807, 2.05) is 18.2 Å². The number of thiazole rings is 1. The van der Waals surface area contributed by atoms with Crippen molar-refractivity contribution in [3.05, 3.63) is 29.3 Å². The molecule has 1 amide bonds. The van der Waals surface area contributed by atoms with E-state index in [4.69, 9.17) is 0 Å².